The maximum atomic E-state index is 12.7. The van der Waals surface area contributed by atoms with Gasteiger partial charge < -0.3 is 9.88 Å². The first-order valence-corrected chi connectivity index (χ1v) is 8.12. The molecule has 6 nitrogen and oxygen atoms in total. The summed E-state index contributed by atoms with van der Waals surface area (Å²) in [5.41, 5.74) is 2.45. The van der Waals surface area contributed by atoms with Gasteiger partial charge in [-0.05, 0) is 25.3 Å². The molecule has 2 aromatic heterocycles. The molecule has 0 aliphatic rings. The standard InChI is InChI=1S/C20H18N4O2/c1-4-5-17-21-11-16-18(23-17)19(25)15(12-24(16)3)20(26)22-10-14-8-6-13(2)7-9-14/h6-9,11-12H,10H2,1-3H3,(H,22,26). The van der Waals surface area contributed by atoms with Crippen molar-refractivity contribution in [2.75, 3.05) is 0 Å². The third-order valence-electron chi connectivity index (χ3n) is 3.99. The fraction of sp³-hybridized carbons (Fsp3) is 0.200. The van der Waals surface area contributed by atoms with E-state index in [1.807, 2.05) is 31.2 Å². The minimum Gasteiger partial charge on any atom is -0.348 e. The Bertz CT molecular complexity index is 1100. The van der Waals surface area contributed by atoms with E-state index in [4.69, 9.17) is 0 Å². The maximum Gasteiger partial charge on any atom is 0.257 e. The SMILES string of the molecule is CC#Cc1ncc2c(n1)c(=O)c(C(=O)NCc1ccc(C)cc1)cn2C. The number of nitrogens with zero attached hydrogens (tertiary/aromatic N) is 3. The second-order valence-corrected chi connectivity index (χ2v) is 5.95. The molecule has 6 heteroatoms. The molecule has 0 unspecified atom stereocenters. The van der Waals surface area contributed by atoms with Gasteiger partial charge in [0.25, 0.3) is 5.91 Å². The molecule has 0 aliphatic carbocycles. The predicted octanol–water partition coefficient (Wildman–Crippen LogP) is 1.94. The highest BCUT2D eigenvalue weighted by Gasteiger charge is 2.16. The first-order chi connectivity index (χ1) is 12.5. The summed E-state index contributed by atoms with van der Waals surface area (Å²) >= 11 is 0. The van der Waals surface area contributed by atoms with Crippen LogP contribution in [-0.4, -0.2) is 20.4 Å². The Morgan fingerprint density at radius 2 is 2.00 bits per heavy atom. The van der Waals surface area contributed by atoms with Crippen molar-refractivity contribution in [1.82, 2.24) is 19.9 Å². The topological polar surface area (TPSA) is 76.9 Å². The molecular formula is C20H18N4O2. The number of benzene rings is 1. The lowest BCUT2D eigenvalue weighted by Crippen LogP contribution is -2.29. The summed E-state index contributed by atoms with van der Waals surface area (Å²) in [7, 11) is 1.74. The fourth-order valence-corrected chi connectivity index (χ4v) is 2.57. The van der Waals surface area contributed by atoms with Crippen LogP contribution in [-0.2, 0) is 13.6 Å². The molecule has 2 heterocycles. The number of pyridine rings is 1. The number of fused-ring (bicyclic) bond motifs is 1. The maximum absolute atomic E-state index is 12.7. The molecule has 0 fully saturated rings. The Labute approximate surface area is 150 Å². The fourth-order valence-electron chi connectivity index (χ4n) is 2.57. The van der Waals surface area contributed by atoms with E-state index in [2.05, 4.69) is 27.1 Å². The van der Waals surface area contributed by atoms with Crippen molar-refractivity contribution >= 4 is 16.9 Å². The number of rotatable bonds is 3. The second kappa shape index (κ2) is 7.19. The quantitative estimate of drug-likeness (QED) is 0.735. The third-order valence-corrected chi connectivity index (χ3v) is 3.99. The molecule has 0 saturated carbocycles. The third kappa shape index (κ3) is 3.47. The first kappa shape index (κ1) is 17.4. The molecule has 3 rings (SSSR count). The van der Waals surface area contributed by atoms with Crippen LogP contribution in [0.15, 0.2) is 41.5 Å². The summed E-state index contributed by atoms with van der Waals surface area (Å²) in [4.78, 5) is 33.5. The van der Waals surface area contributed by atoms with Crippen LogP contribution >= 0.6 is 0 Å². The molecule has 0 radical (unpaired) electrons. The van der Waals surface area contributed by atoms with E-state index < -0.39 is 11.3 Å². The highest BCUT2D eigenvalue weighted by Crippen LogP contribution is 2.08. The van der Waals surface area contributed by atoms with E-state index >= 15 is 0 Å². The van der Waals surface area contributed by atoms with Gasteiger partial charge in [0.05, 0.1) is 11.7 Å². The molecule has 1 aromatic carbocycles. The van der Waals surface area contributed by atoms with Gasteiger partial charge in [-0.25, -0.2) is 9.97 Å². The number of carbonyl (C=O) groups excluding carboxylic acids is 1. The van der Waals surface area contributed by atoms with Gasteiger partial charge in [-0.1, -0.05) is 35.7 Å². The monoisotopic (exact) mass is 346 g/mol. The normalized spacial score (nSPS) is 10.3. The highest BCUT2D eigenvalue weighted by atomic mass is 16.2. The largest absolute Gasteiger partial charge is 0.348 e. The molecule has 3 aromatic rings. The lowest BCUT2D eigenvalue weighted by molar-refractivity contribution is 0.0949. The van der Waals surface area contributed by atoms with Gasteiger partial charge >= 0.3 is 0 Å². The first-order valence-electron chi connectivity index (χ1n) is 8.12. The predicted molar refractivity (Wildman–Crippen MR) is 99.7 cm³/mol. The van der Waals surface area contributed by atoms with Gasteiger partial charge in [-0.15, -0.1) is 0 Å². The van der Waals surface area contributed by atoms with Gasteiger partial charge in [0.1, 0.15) is 11.1 Å². The van der Waals surface area contributed by atoms with Gasteiger partial charge in [0.15, 0.2) is 0 Å². The smallest absolute Gasteiger partial charge is 0.257 e. The van der Waals surface area contributed by atoms with Crippen molar-refractivity contribution < 1.29 is 4.79 Å². The Kier molecular flexibility index (Phi) is 4.81. The second-order valence-electron chi connectivity index (χ2n) is 5.95. The molecule has 0 aliphatic heterocycles. The number of hydrogen-bond donors (Lipinski definition) is 1. The van der Waals surface area contributed by atoms with Gasteiger partial charge in [-0.2, -0.15) is 0 Å². The van der Waals surface area contributed by atoms with E-state index in [0.717, 1.165) is 11.1 Å². The Hall–Kier alpha value is -3.46. The molecule has 1 amide bonds. The number of hydrogen-bond acceptors (Lipinski definition) is 4. The molecule has 0 atom stereocenters. The zero-order valence-electron chi connectivity index (χ0n) is 14.8. The molecule has 0 bridgehead atoms. The van der Waals surface area contributed by atoms with Crippen molar-refractivity contribution in [3.05, 3.63) is 69.4 Å². The molecule has 0 saturated heterocycles. The van der Waals surface area contributed by atoms with Crippen molar-refractivity contribution in [2.24, 2.45) is 7.05 Å². The summed E-state index contributed by atoms with van der Waals surface area (Å²) in [6.07, 6.45) is 3.04. The van der Waals surface area contributed by atoms with E-state index in [1.165, 1.54) is 12.4 Å². The van der Waals surface area contributed by atoms with E-state index in [1.54, 1.807) is 18.5 Å². The minimum absolute atomic E-state index is 0.0428. The molecule has 130 valence electrons. The van der Waals surface area contributed by atoms with Crippen LogP contribution in [0.1, 0.15) is 34.2 Å². The van der Waals surface area contributed by atoms with Crippen LogP contribution < -0.4 is 10.7 Å². The summed E-state index contributed by atoms with van der Waals surface area (Å²) in [6.45, 7) is 4.01. The van der Waals surface area contributed by atoms with Crippen LogP contribution in [0, 0.1) is 18.8 Å². The zero-order chi connectivity index (χ0) is 18.7. The average Bonchev–Trinajstić information content (AvgIpc) is 2.64. The van der Waals surface area contributed by atoms with Crippen molar-refractivity contribution in [2.45, 2.75) is 20.4 Å². The summed E-state index contributed by atoms with van der Waals surface area (Å²) in [5, 5.41) is 2.78. The summed E-state index contributed by atoms with van der Waals surface area (Å²) in [6, 6.07) is 7.83. The molecule has 1 N–H and O–H groups in total. The van der Waals surface area contributed by atoms with Gasteiger partial charge in [0, 0.05) is 19.8 Å². The van der Waals surface area contributed by atoms with Crippen LogP contribution in [0.3, 0.4) is 0 Å². The Balaban J connectivity index is 1.94. The van der Waals surface area contributed by atoms with E-state index in [9.17, 15) is 9.59 Å². The van der Waals surface area contributed by atoms with Crippen LogP contribution in [0.2, 0.25) is 0 Å². The lowest BCUT2D eigenvalue weighted by atomic mass is 10.1. The number of aromatic nitrogens is 3. The number of aryl methyl sites for hydroxylation is 2. The van der Waals surface area contributed by atoms with Crippen LogP contribution in [0.25, 0.3) is 11.0 Å². The summed E-state index contributed by atoms with van der Waals surface area (Å²) < 4.78 is 1.67. The van der Waals surface area contributed by atoms with Crippen LogP contribution in [0.4, 0.5) is 0 Å². The van der Waals surface area contributed by atoms with Gasteiger partial charge in [-0.3, -0.25) is 9.59 Å². The number of carbonyl (C=O) groups is 1. The Morgan fingerprint density at radius 3 is 2.69 bits per heavy atom. The molecular weight excluding hydrogens is 328 g/mol. The van der Waals surface area contributed by atoms with Gasteiger partial charge in [0.2, 0.25) is 11.3 Å². The number of nitrogens with one attached hydrogen (secondary N) is 1. The summed E-state index contributed by atoms with van der Waals surface area (Å²) in [5.74, 6) is 5.25. The molecule has 0 spiro atoms. The van der Waals surface area contributed by atoms with Crippen molar-refractivity contribution in [3.8, 4) is 11.8 Å². The Morgan fingerprint density at radius 1 is 1.27 bits per heavy atom. The minimum atomic E-state index is -0.435. The van der Waals surface area contributed by atoms with Crippen molar-refractivity contribution in [1.29, 1.82) is 0 Å². The van der Waals surface area contributed by atoms with Crippen LogP contribution in [0.5, 0.6) is 0 Å². The number of amides is 1. The highest BCUT2D eigenvalue weighted by molar-refractivity contribution is 5.96. The van der Waals surface area contributed by atoms with Crippen molar-refractivity contribution in [3.63, 3.8) is 0 Å². The average molecular weight is 346 g/mol. The van der Waals surface area contributed by atoms with E-state index in [-0.39, 0.29) is 16.9 Å². The lowest BCUT2D eigenvalue weighted by Gasteiger charge is -2.09. The van der Waals surface area contributed by atoms with E-state index in [0.29, 0.717) is 12.1 Å². The zero-order valence-corrected chi connectivity index (χ0v) is 14.8. The molecule has 26 heavy (non-hydrogen) atoms.